The Kier molecular flexibility index (Phi) is 4.57. The number of rotatable bonds is 3. The summed E-state index contributed by atoms with van der Waals surface area (Å²) in [5.41, 5.74) is 4.15. The molecule has 2 aromatic carbocycles. The van der Waals surface area contributed by atoms with Crippen LogP contribution in [-0.4, -0.2) is 14.3 Å². The highest BCUT2D eigenvalue weighted by atomic mass is 32.2. The molecule has 0 aliphatic heterocycles. The molecule has 0 fully saturated rings. The minimum absolute atomic E-state index is 0.192. The van der Waals surface area contributed by atoms with E-state index in [0.717, 1.165) is 24.3 Å². The van der Waals surface area contributed by atoms with Crippen LogP contribution in [-0.2, 0) is 20.8 Å². The van der Waals surface area contributed by atoms with Gasteiger partial charge in [-0.1, -0.05) is 0 Å². The predicted molar refractivity (Wildman–Crippen MR) is 82.1 cm³/mol. The fraction of sp³-hybridized carbons (Fsp3) is 0.133. The molecule has 2 rings (SSSR count). The van der Waals surface area contributed by atoms with Crippen LogP contribution in [0.3, 0.4) is 0 Å². The van der Waals surface area contributed by atoms with Crippen LogP contribution in [0.15, 0.2) is 52.3 Å². The maximum atomic E-state index is 13.1. The smallest absolute Gasteiger partial charge is 0.399 e. The van der Waals surface area contributed by atoms with Gasteiger partial charge in [0.05, 0.1) is 15.4 Å². The summed E-state index contributed by atoms with van der Waals surface area (Å²) >= 11 is 0. The van der Waals surface area contributed by atoms with E-state index in [4.69, 9.17) is 5.73 Å². The van der Waals surface area contributed by atoms with Gasteiger partial charge >= 0.3 is 6.18 Å². The summed E-state index contributed by atoms with van der Waals surface area (Å²) in [6.45, 7) is 1.27. The molecule has 0 radical (unpaired) electrons. The average molecular weight is 358 g/mol. The van der Waals surface area contributed by atoms with Gasteiger partial charge in [-0.25, -0.2) is 8.42 Å². The van der Waals surface area contributed by atoms with Crippen LogP contribution >= 0.6 is 0 Å². The van der Waals surface area contributed by atoms with Crippen molar-refractivity contribution in [3.63, 3.8) is 0 Å². The molecule has 0 heterocycles. The number of benzene rings is 2. The zero-order valence-corrected chi connectivity index (χ0v) is 13.2. The zero-order chi connectivity index (χ0) is 18.1. The second-order valence-electron chi connectivity index (χ2n) is 4.96. The average Bonchev–Trinajstić information content (AvgIpc) is 2.46. The van der Waals surface area contributed by atoms with Crippen LogP contribution in [0.5, 0.6) is 0 Å². The van der Waals surface area contributed by atoms with Crippen LogP contribution in [0.25, 0.3) is 0 Å². The molecule has 0 aliphatic carbocycles. The molecule has 0 saturated carbocycles. The van der Waals surface area contributed by atoms with Crippen molar-refractivity contribution in [1.29, 1.82) is 0 Å². The summed E-state index contributed by atoms with van der Waals surface area (Å²) in [6.07, 6.45) is -4.87. The van der Waals surface area contributed by atoms with E-state index in [2.05, 4.69) is 5.32 Å². The van der Waals surface area contributed by atoms with Gasteiger partial charge in [-0.05, 0) is 42.5 Å². The number of halogens is 3. The molecule has 0 bridgehead atoms. The zero-order valence-electron chi connectivity index (χ0n) is 12.4. The van der Waals surface area contributed by atoms with E-state index >= 15 is 0 Å². The minimum Gasteiger partial charge on any atom is -0.399 e. The third-order valence-electron chi connectivity index (χ3n) is 3.08. The number of sulfone groups is 1. The Morgan fingerprint density at radius 1 is 1.08 bits per heavy atom. The molecule has 24 heavy (non-hydrogen) atoms. The number of alkyl halides is 3. The van der Waals surface area contributed by atoms with E-state index in [1.165, 1.54) is 19.1 Å². The van der Waals surface area contributed by atoms with Crippen LogP contribution in [0.2, 0.25) is 0 Å². The van der Waals surface area contributed by atoms with Crippen molar-refractivity contribution >= 4 is 27.1 Å². The first-order valence-corrected chi connectivity index (χ1v) is 8.09. The van der Waals surface area contributed by atoms with Gasteiger partial charge < -0.3 is 11.1 Å². The molecule has 2 aromatic rings. The largest absolute Gasteiger partial charge is 0.417 e. The molecular formula is C15H13F3N2O3S. The normalized spacial score (nSPS) is 12.0. The second-order valence-corrected chi connectivity index (χ2v) is 6.88. The number of nitrogens with one attached hydrogen (secondary N) is 1. The van der Waals surface area contributed by atoms with Crippen LogP contribution in [0, 0.1) is 0 Å². The van der Waals surface area contributed by atoms with Gasteiger partial charge in [-0.3, -0.25) is 4.79 Å². The second kappa shape index (κ2) is 6.16. The molecule has 5 nitrogen and oxygen atoms in total. The topological polar surface area (TPSA) is 89.3 Å². The van der Waals surface area contributed by atoms with E-state index < -0.39 is 26.5 Å². The third kappa shape index (κ3) is 3.67. The standard InChI is InChI=1S/C15H13F3N2O3S/c1-9(21)20-11-3-5-12(6-4-11)24(22,23)14-7-2-10(19)8-13(14)15(16,17)18/h2-8H,19H2,1H3,(H,20,21). The SMILES string of the molecule is CC(=O)Nc1ccc(S(=O)(=O)c2ccc(N)cc2C(F)(F)F)cc1. The summed E-state index contributed by atoms with van der Waals surface area (Å²) in [5.74, 6) is -0.358. The number of amides is 1. The van der Waals surface area contributed by atoms with Crippen molar-refractivity contribution in [1.82, 2.24) is 0 Å². The van der Waals surface area contributed by atoms with Gasteiger partial charge in [-0.15, -0.1) is 0 Å². The number of hydrogen-bond acceptors (Lipinski definition) is 4. The lowest BCUT2D eigenvalue weighted by atomic mass is 10.2. The fourth-order valence-corrected chi connectivity index (χ4v) is 3.51. The molecule has 0 saturated heterocycles. The van der Waals surface area contributed by atoms with E-state index in [1.54, 1.807) is 0 Å². The number of nitrogen functional groups attached to an aromatic ring is 1. The number of anilines is 2. The van der Waals surface area contributed by atoms with Gasteiger partial charge in [-0.2, -0.15) is 13.2 Å². The molecule has 0 aliphatic rings. The van der Waals surface area contributed by atoms with Crippen LogP contribution in [0.4, 0.5) is 24.5 Å². The maximum absolute atomic E-state index is 13.1. The maximum Gasteiger partial charge on any atom is 0.417 e. The first-order valence-electron chi connectivity index (χ1n) is 6.61. The van der Waals surface area contributed by atoms with Crippen molar-refractivity contribution in [2.45, 2.75) is 22.9 Å². The van der Waals surface area contributed by atoms with Gasteiger partial charge in [0.25, 0.3) is 0 Å². The van der Waals surface area contributed by atoms with Gasteiger partial charge in [0.1, 0.15) is 0 Å². The number of hydrogen-bond donors (Lipinski definition) is 2. The van der Waals surface area contributed by atoms with Crippen molar-refractivity contribution in [3.05, 3.63) is 48.0 Å². The summed E-state index contributed by atoms with van der Waals surface area (Å²) in [7, 11) is -4.40. The number of carbonyl (C=O) groups excluding carboxylic acids is 1. The Morgan fingerprint density at radius 3 is 2.17 bits per heavy atom. The molecule has 0 spiro atoms. The van der Waals surface area contributed by atoms with Gasteiger partial charge in [0, 0.05) is 18.3 Å². The highest BCUT2D eigenvalue weighted by Crippen LogP contribution is 2.37. The summed E-state index contributed by atoms with van der Waals surface area (Å²) < 4.78 is 64.4. The summed E-state index contributed by atoms with van der Waals surface area (Å²) in [5, 5.41) is 2.44. The van der Waals surface area contributed by atoms with Gasteiger partial charge in [0.2, 0.25) is 15.7 Å². The highest BCUT2D eigenvalue weighted by Gasteiger charge is 2.37. The Hall–Kier alpha value is -2.55. The van der Waals surface area contributed by atoms with Crippen LogP contribution < -0.4 is 11.1 Å². The Morgan fingerprint density at radius 2 is 1.67 bits per heavy atom. The quantitative estimate of drug-likeness (QED) is 0.825. The van der Waals surface area contributed by atoms with Crippen LogP contribution in [0.1, 0.15) is 12.5 Å². The van der Waals surface area contributed by atoms with E-state index in [-0.39, 0.29) is 16.5 Å². The monoisotopic (exact) mass is 358 g/mol. The van der Waals surface area contributed by atoms with Crippen molar-refractivity contribution in [3.8, 4) is 0 Å². The Labute approximate surface area is 136 Å². The molecule has 9 heteroatoms. The fourth-order valence-electron chi connectivity index (χ4n) is 2.05. The van der Waals surface area contributed by atoms with E-state index in [1.807, 2.05) is 0 Å². The molecule has 1 amide bonds. The summed E-state index contributed by atoms with van der Waals surface area (Å²) in [6, 6.07) is 7.33. The predicted octanol–water partition coefficient (Wildman–Crippen LogP) is 3.08. The molecule has 3 N–H and O–H groups in total. The Bertz CT molecular complexity index is 876. The minimum atomic E-state index is -4.87. The Balaban J connectivity index is 2.54. The number of carbonyl (C=O) groups is 1. The number of nitrogens with two attached hydrogens (primary N) is 1. The summed E-state index contributed by atoms with van der Waals surface area (Å²) in [4.78, 5) is 9.73. The van der Waals surface area contributed by atoms with Gasteiger partial charge in [0.15, 0.2) is 0 Å². The molecule has 0 atom stereocenters. The van der Waals surface area contributed by atoms with Crippen molar-refractivity contribution in [2.75, 3.05) is 11.1 Å². The first-order chi connectivity index (χ1) is 11.0. The molecule has 128 valence electrons. The lowest BCUT2D eigenvalue weighted by Crippen LogP contribution is -2.14. The first kappa shape index (κ1) is 17.8. The lowest BCUT2D eigenvalue weighted by Gasteiger charge is -2.14. The third-order valence-corrected chi connectivity index (χ3v) is 4.91. The molecule has 0 aromatic heterocycles. The highest BCUT2D eigenvalue weighted by molar-refractivity contribution is 7.91. The van der Waals surface area contributed by atoms with E-state index in [9.17, 15) is 26.4 Å². The molecular weight excluding hydrogens is 345 g/mol. The van der Waals surface area contributed by atoms with E-state index in [0.29, 0.717) is 11.8 Å². The van der Waals surface area contributed by atoms with Crippen molar-refractivity contribution < 1.29 is 26.4 Å². The molecule has 0 unspecified atom stereocenters. The van der Waals surface area contributed by atoms with Crippen molar-refractivity contribution in [2.24, 2.45) is 0 Å². The lowest BCUT2D eigenvalue weighted by molar-refractivity contribution is -0.139.